The first kappa shape index (κ1) is 11.1. The predicted octanol–water partition coefficient (Wildman–Crippen LogP) is 1.09. The lowest BCUT2D eigenvalue weighted by Gasteiger charge is -2.03. The van der Waals surface area contributed by atoms with Gasteiger partial charge in [0.25, 0.3) is 0 Å². The summed E-state index contributed by atoms with van der Waals surface area (Å²) >= 11 is 0. The maximum atomic E-state index is 8.49. The van der Waals surface area contributed by atoms with Crippen molar-refractivity contribution in [3.05, 3.63) is 24.3 Å². The molecule has 0 saturated carbocycles. The summed E-state index contributed by atoms with van der Waals surface area (Å²) in [5.41, 5.74) is 7.21. The monoisotopic (exact) mass is 188 g/mol. The van der Waals surface area contributed by atoms with E-state index in [2.05, 4.69) is 5.32 Å². The Labute approximate surface area is 78.0 Å². The van der Waals surface area contributed by atoms with E-state index in [1.807, 2.05) is 24.3 Å². The summed E-state index contributed by atoms with van der Waals surface area (Å²) in [7, 11) is 0. The SMILES string of the molecule is Cl.Nc1ccc(NCCO)cc1. The smallest absolute Gasteiger partial charge is 0.0604 e. The predicted molar refractivity (Wildman–Crippen MR) is 53.7 cm³/mol. The van der Waals surface area contributed by atoms with Gasteiger partial charge in [0.1, 0.15) is 0 Å². The molecule has 0 aromatic heterocycles. The number of hydrogen-bond acceptors (Lipinski definition) is 3. The van der Waals surface area contributed by atoms with Gasteiger partial charge in [-0.15, -0.1) is 12.4 Å². The average Bonchev–Trinajstić information content (AvgIpc) is 2.04. The Kier molecular flexibility index (Phi) is 5.25. The van der Waals surface area contributed by atoms with Gasteiger partial charge in [0, 0.05) is 17.9 Å². The van der Waals surface area contributed by atoms with Crippen LogP contribution in [0.2, 0.25) is 0 Å². The molecule has 0 fully saturated rings. The van der Waals surface area contributed by atoms with Crippen LogP contribution in [0.4, 0.5) is 11.4 Å². The molecule has 0 amide bonds. The van der Waals surface area contributed by atoms with Gasteiger partial charge in [0.2, 0.25) is 0 Å². The van der Waals surface area contributed by atoms with E-state index in [4.69, 9.17) is 10.8 Å². The topological polar surface area (TPSA) is 58.3 Å². The third kappa shape index (κ3) is 3.46. The lowest BCUT2D eigenvalue weighted by molar-refractivity contribution is 0.311. The molecule has 0 atom stereocenters. The van der Waals surface area contributed by atoms with E-state index < -0.39 is 0 Å². The second-order valence-corrected chi connectivity index (χ2v) is 2.27. The largest absolute Gasteiger partial charge is 0.399 e. The van der Waals surface area contributed by atoms with E-state index in [1.165, 1.54) is 0 Å². The summed E-state index contributed by atoms with van der Waals surface area (Å²) in [6, 6.07) is 7.40. The normalized spacial score (nSPS) is 8.75. The minimum atomic E-state index is 0. The van der Waals surface area contributed by atoms with Gasteiger partial charge in [-0.3, -0.25) is 0 Å². The van der Waals surface area contributed by atoms with Crippen LogP contribution in [0.3, 0.4) is 0 Å². The fraction of sp³-hybridized carbons (Fsp3) is 0.250. The fourth-order valence-corrected chi connectivity index (χ4v) is 0.801. The Bertz CT molecular complexity index is 213. The molecule has 0 saturated heterocycles. The molecule has 4 heteroatoms. The van der Waals surface area contributed by atoms with Crippen molar-refractivity contribution in [3.63, 3.8) is 0 Å². The van der Waals surface area contributed by atoms with Crippen LogP contribution in [0.25, 0.3) is 0 Å². The summed E-state index contributed by atoms with van der Waals surface area (Å²) in [5, 5.41) is 11.5. The van der Waals surface area contributed by atoms with Crippen molar-refractivity contribution >= 4 is 23.8 Å². The Morgan fingerprint density at radius 3 is 2.33 bits per heavy atom. The molecule has 12 heavy (non-hydrogen) atoms. The van der Waals surface area contributed by atoms with E-state index in [9.17, 15) is 0 Å². The van der Waals surface area contributed by atoms with Gasteiger partial charge in [-0.2, -0.15) is 0 Å². The fourth-order valence-electron chi connectivity index (χ4n) is 0.801. The first-order valence-electron chi connectivity index (χ1n) is 3.53. The number of hydrogen-bond donors (Lipinski definition) is 3. The summed E-state index contributed by atoms with van der Waals surface area (Å²) in [6.45, 7) is 0.717. The van der Waals surface area contributed by atoms with Crippen LogP contribution in [-0.4, -0.2) is 18.3 Å². The quantitative estimate of drug-likeness (QED) is 0.623. The minimum Gasteiger partial charge on any atom is -0.399 e. The van der Waals surface area contributed by atoms with Crippen LogP contribution in [0.1, 0.15) is 0 Å². The van der Waals surface area contributed by atoms with E-state index in [1.54, 1.807) is 0 Å². The van der Waals surface area contributed by atoms with Crippen LogP contribution in [0.5, 0.6) is 0 Å². The number of nitrogens with one attached hydrogen (secondary N) is 1. The Morgan fingerprint density at radius 2 is 1.83 bits per heavy atom. The minimum absolute atomic E-state index is 0. The van der Waals surface area contributed by atoms with Crippen LogP contribution in [0, 0.1) is 0 Å². The number of rotatable bonds is 3. The second kappa shape index (κ2) is 5.69. The number of halogens is 1. The molecule has 0 radical (unpaired) electrons. The molecule has 1 aromatic rings. The number of anilines is 2. The zero-order chi connectivity index (χ0) is 8.10. The number of benzene rings is 1. The Morgan fingerprint density at radius 1 is 1.25 bits per heavy atom. The van der Waals surface area contributed by atoms with Gasteiger partial charge < -0.3 is 16.2 Å². The number of aliphatic hydroxyl groups is 1. The zero-order valence-corrected chi connectivity index (χ0v) is 7.47. The Hall–Kier alpha value is -0.930. The molecule has 3 nitrogen and oxygen atoms in total. The molecular formula is C8H13ClN2O. The number of nitrogen functional groups attached to an aromatic ring is 1. The third-order valence-electron chi connectivity index (χ3n) is 1.35. The zero-order valence-electron chi connectivity index (χ0n) is 6.66. The van der Waals surface area contributed by atoms with Gasteiger partial charge >= 0.3 is 0 Å². The van der Waals surface area contributed by atoms with E-state index >= 15 is 0 Å². The molecule has 0 unspecified atom stereocenters. The summed E-state index contributed by atoms with van der Waals surface area (Å²) in [4.78, 5) is 0. The molecule has 4 N–H and O–H groups in total. The van der Waals surface area contributed by atoms with Gasteiger partial charge in [-0.1, -0.05) is 0 Å². The number of nitrogens with two attached hydrogens (primary N) is 1. The van der Waals surface area contributed by atoms with E-state index in [0.29, 0.717) is 6.54 Å². The third-order valence-corrected chi connectivity index (χ3v) is 1.35. The second-order valence-electron chi connectivity index (χ2n) is 2.27. The van der Waals surface area contributed by atoms with E-state index in [-0.39, 0.29) is 19.0 Å². The molecule has 0 bridgehead atoms. The lowest BCUT2D eigenvalue weighted by Crippen LogP contribution is -2.04. The molecule has 0 spiro atoms. The summed E-state index contributed by atoms with van der Waals surface area (Å²) < 4.78 is 0. The van der Waals surface area contributed by atoms with Gasteiger partial charge in [0.05, 0.1) is 6.61 Å². The first-order valence-corrected chi connectivity index (χ1v) is 3.53. The number of aliphatic hydroxyl groups excluding tert-OH is 1. The van der Waals surface area contributed by atoms with Crippen molar-refractivity contribution < 1.29 is 5.11 Å². The first-order chi connectivity index (χ1) is 5.33. The molecule has 1 rings (SSSR count). The van der Waals surface area contributed by atoms with Crippen molar-refractivity contribution in [2.24, 2.45) is 0 Å². The summed E-state index contributed by atoms with van der Waals surface area (Å²) in [5.74, 6) is 0. The standard InChI is InChI=1S/C8H12N2O.ClH/c9-7-1-3-8(4-2-7)10-5-6-11;/h1-4,10-11H,5-6,9H2;1H. The van der Waals surface area contributed by atoms with Crippen LogP contribution < -0.4 is 11.1 Å². The molecule has 0 heterocycles. The van der Waals surface area contributed by atoms with Gasteiger partial charge in [-0.25, -0.2) is 0 Å². The van der Waals surface area contributed by atoms with Crippen LogP contribution in [-0.2, 0) is 0 Å². The van der Waals surface area contributed by atoms with Crippen molar-refractivity contribution in [2.75, 3.05) is 24.2 Å². The van der Waals surface area contributed by atoms with Crippen molar-refractivity contribution in [2.45, 2.75) is 0 Å². The molecule has 1 aromatic carbocycles. The highest BCUT2D eigenvalue weighted by Gasteiger charge is 1.88. The Balaban J connectivity index is 0.00000121. The average molecular weight is 189 g/mol. The van der Waals surface area contributed by atoms with Gasteiger partial charge in [-0.05, 0) is 24.3 Å². The molecule has 0 aliphatic heterocycles. The highest BCUT2D eigenvalue weighted by Crippen LogP contribution is 2.09. The van der Waals surface area contributed by atoms with Crippen LogP contribution >= 0.6 is 12.4 Å². The summed E-state index contributed by atoms with van der Waals surface area (Å²) in [6.07, 6.45) is 0. The highest BCUT2D eigenvalue weighted by atomic mass is 35.5. The molecular weight excluding hydrogens is 176 g/mol. The van der Waals surface area contributed by atoms with Crippen molar-refractivity contribution in [1.29, 1.82) is 0 Å². The maximum Gasteiger partial charge on any atom is 0.0604 e. The van der Waals surface area contributed by atoms with Crippen molar-refractivity contribution in [1.82, 2.24) is 0 Å². The highest BCUT2D eigenvalue weighted by molar-refractivity contribution is 5.85. The molecule has 68 valence electrons. The molecule has 0 aliphatic rings. The lowest BCUT2D eigenvalue weighted by atomic mass is 10.3. The van der Waals surface area contributed by atoms with Crippen LogP contribution in [0.15, 0.2) is 24.3 Å². The molecule has 0 aliphatic carbocycles. The van der Waals surface area contributed by atoms with Gasteiger partial charge in [0.15, 0.2) is 0 Å². The maximum absolute atomic E-state index is 8.49. The van der Waals surface area contributed by atoms with E-state index in [0.717, 1.165) is 11.4 Å². The van der Waals surface area contributed by atoms with Crippen molar-refractivity contribution in [3.8, 4) is 0 Å².